The average Bonchev–Trinajstić information content (AvgIpc) is 1.23. The van der Waals surface area contributed by atoms with E-state index >= 15 is 0 Å². The second-order valence-electron chi connectivity index (χ2n) is 32.5. The molecular weight excluding hydrogens is 1830 g/mol. The second kappa shape index (κ2) is 38.3. The van der Waals surface area contributed by atoms with Gasteiger partial charge in [-0.2, -0.15) is 15.8 Å². The highest BCUT2D eigenvalue weighted by Gasteiger charge is 2.32. The van der Waals surface area contributed by atoms with Crippen LogP contribution in [0.2, 0.25) is 0 Å². The Kier molecular flexibility index (Phi) is 24.2. The first kappa shape index (κ1) is 88.4. The highest BCUT2D eigenvalue weighted by molar-refractivity contribution is 8.00. The van der Waals surface area contributed by atoms with E-state index in [-0.39, 0.29) is 50.3 Å². The maximum absolute atomic E-state index is 12.0. The standard InChI is InChI=1S/C112H72N12O12S4/c1-116-89(112(130)131)53-69-21-49-97-105(57-69)140-101-17-9-5-13-93(101)124(97)64-135-79-36-28-73(29-37-79)109-87-44-40-83(119-87)106(70-22-30-76(31-23-70)132-61-121-90-10-2-6-14-98(90)137-102-54-66(18-46-94(102)121)50-74(58-113)110(126)127)81-38-42-85(117-81)108(72-26-34-78(35-27-72)134-63-123-92-12-4-8-16-100(92)139-104-56-68(20-48-96(104)123)52-80(60-115)136-65-125)86-43-39-82(118-86)107(84-41-45-88(109)120-84)71-24-32-77(33-25-71)133-62-122-91-11-3-7-15-99(91)138-103-55-67(19-47-95(103)122)51-75(59-114)111(128)129/h2-57,65,117-120H,61-64H2,(H,126,127)(H,128,129)(H,130,131)/b74-50-,75-51-,80-52+,89-53-,106-81?,106-83?,107-82?,107-84?,108-85?,108-86?,109-87?,109-88?. The van der Waals surface area contributed by atoms with Crippen LogP contribution in [0.1, 0.15) is 67.3 Å². The highest BCUT2D eigenvalue weighted by atomic mass is 32.2. The lowest BCUT2D eigenvalue weighted by atomic mass is 10.0. The number of carbonyl (C=O) groups excluding carboxylic acids is 1. The first-order chi connectivity index (χ1) is 68.5. The van der Waals surface area contributed by atoms with Gasteiger partial charge in [-0.3, -0.25) is 9.59 Å². The van der Waals surface area contributed by atoms with Gasteiger partial charge in [0.05, 0.1) is 52.1 Å². The molecule has 5 aliphatic rings. The molecule has 0 unspecified atom stereocenters. The Morgan fingerprint density at radius 1 is 0.321 bits per heavy atom. The van der Waals surface area contributed by atoms with Crippen molar-refractivity contribution in [3.63, 3.8) is 0 Å². The van der Waals surface area contributed by atoms with Crippen molar-refractivity contribution >= 4 is 164 Å². The molecule has 0 saturated carbocycles. The van der Waals surface area contributed by atoms with Gasteiger partial charge in [-0.25, -0.2) is 14.4 Å². The molecule has 7 N–H and O–H groups in total. The molecule has 0 atom stereocenters. The van der Waals surface area contributed by atoms with Crippen LogP contribution >= 0.6 is 47.0 Å². The number of nitrogens with one attached hydrogen (secondary N) is 4. The molecule has 28 heteroatoms. The quantitative estimate of drug-likeness (QED) is 0.00919. The van der Waals surface area contributed by atoms with E-state index in [1.54, 1.807) is 77.4 Å². The van der Waals surface area contributed by atoms with E-state index in [2.05, 4.69) is 111 Å². The van der Waals surface area contributed by atoms with E-state index < -0.39 is 23.6 Å². The van der Waals surface area contributed by atoms with Crippen LogP contribution in [0.3, 0.4) is 0 Å². The van der Waals surface area contributed by atoms with Crippen molar-refractivity contribution in [1.29, 1.82) is 15.8 Å². The van der Waals surface area contributed by atoms with Gasteiger partial charge in [-0.05, 0) is 263 Å². The van der Waals surface area contributed by atoms with Crippen molar-refractivity contribution in [1.82, 2.24) is 19.9 Å². The lowest BCUT2D eigenvalue weighted by Gasteiger charge is -2.32. The Morgan fingerprint density at radius 3 is 0.850 bits per heavy atom. The molecule has 4 aromatic heterocycles. The zero-order valence-electron chi connectivity index (χ0n) is 73.5. The number of para-hydroxylation sites is 4. The number of aromatic amines is 4. The summed E-state index contributed by atoms with van der Waals surface area (Å²) < 4.78 is 32.1. The molecule has 9 heterocycles. The number of H-pyrrole nitrogens is 4. The van der Waals surface area contributed by atoms with Crippen LogP contribution in [0.15, 0.2) is 377 Å². The lowest BCUT2D eigenvalue weighted by molar-refractivity contribution is -0.133. The van der Waals surface area contributed by atoms with E-state index in [1.807, 2.05) is 237 Å². The van der Waals surface area contributed by atoms with Gasteiger partial charge < -0.3 is 78.5 Å². The molecule has 676 valence electrons. The summed E-state index contributed by atoms with van der Waals surface area (Å²) in [4.78, 5) is 81.9. The van der Waals surface area contributed by atoms with Gasteiger partial charge in [0.1, 0.15) is 52.4 Å². The molecule has 0 radical (unpaired) electrons. The van der Waals surface area contributed by atoms with E-state index in [0.717, 1.165) is 173 Å². The summed E-state index contributed by atoms with van der Waals surface area (Å²) >= 11 is 6.24. The third kappa shape index (κ3) is 17.7. The summed E-state index contributed by atoms with van der Waals surface area (Å²) in [6, 6.07) is 109. The Morgan fingerprint density at radius 2 is 0.593 bits per heavy atom. The number of hydrogen-bond donors (Lipinski definition) is 7. The first-order valence-electron chi connectivity index (χ1n) is 43.7. The number of hydrogen-bond acceptors (Lipinski definition) is 20. The van der Waals surface area contributed by atoms with Crippen molar-refractivity contribution in [2.75, 3.05) is 46.5 Å². The molecule has 0 fully saturated rings. The van der Waals surface area contributed by atoms with Crippen LogP contribution in [-0.4, -0.2) is 86.6 Å². The fourth-order valence-corrected chi connectivity index (χ4v) is 22.1. The maximum Gasteiger partial charge on any atom is 0.346 e. The number of aliphatic carboxylic acids is 3. The van der Waals surface area contributed by atoms with Crippen molar-refractivity contribution in [2.45, 2.75) is 39.2 Å². The molecule has 0 amide bonds. The molecule has 12 aromatic carbocycles. The minimum atomic E-state index is -1.31. The number of ether oxygens (including phenoxy) is 5. The number of anilines is 8. The highest BCUT2D eigenvalue weighted by Crippen LogP contribution is 2.54. The topological polar surface area (TPSA) is 327 Å². The van der Waals surface area contributed by atoms with Gasteiger partial charge >= 0.3 is 17.9 Å². The maximum atomic E-state index is 12.0. The minimum absolute atomic E-state index is 0.105. The van der Waals surface area contributed by atoms with Crippen molar-refractivity contribution < 1.29 is 58.2 Å². The van der Waals surface area contributed by atoms with Crippen LogP contribution < -0.4 is 59.9 Å². The fourth-order valence-electron chi connectivity index (χ4n) is 17.5. The molecule has 21 rings (SSSR count). The Hall–Kier alpha value is -18.2. The molecule has 0 saturated heterocycles. The molecule has 5 aliphatic heterocycles. The summed E-state index contributed by atoms with van der Waals surface area (Å²) in [7, 11) is 0. The third-order valence-corrected chi connectivity index (χ3v) is 28.5. The summed E-state index contributed by atoms with van der Waals surface area (Å²) in [6.45, 7) is 8.19. The minimum Gasteiger partial charge on any atom is -0.486 e. The number of aromatic nitrogens is 4. The fraction of sp³-hybridized carbons (Fsp3) is 0.0357. The van der Waals surface area contributed by atoms with Crippen molar-refractivity contribution in [3.05, 3.63) is 438 Å². The van der Waals surface area contributed by atoms with E-state index in [4.69, 9.17) is 30.3 Å². The number of benzene rings is 12. The summed E-state index contributed by atoms with van der Waals surface area (Å²) in [6.07, 6.45) is 5.63. The van der Waals surface area contributed by atoms with E-state index in [9.17, 15) is 50.3 Å². The average molecular weight is 1910 g/mol. The van der Waals surface area contributed by atoms with Gasteiger partial charge in [0.15, 0.2) is 26.9 Å². The molecule has 24 nitrogen and oxygen atoms in total. The molecule has 0 aliphatic carbocycles. The van der Waals surface area contributed by atoms with Crippen LogP contribution in [0.25, 0.3) is 51.4 Å². The predicted molar refractivity (Wildman–Crippen MR) is 538 cm³/mol. The molecular formula is C112H72N12O12S4. The number of fused-ring (bicyclic) bond motifs is 16. The number of carbonyl (C=O) groups is 4. The van der Waals surface area contributed by atoms with E-state index in [0.29, 0.717) is 45.3 Å². The van der Waals surface area contributed by atoms with Crippen molar-refractivity contribution in [3.8, 4) is 41.2 Å². The molecule has 140 heavy (non-hydrogen) atoms. The first-order valence-corrected chi connectivity index (χ1v) is 47.0. The number of nitriles is 3. The Bertz CT molecular complexity index is 7750. The Labute approximate surface area is 816 Å². The largest absolute Gasteiger partial charge is 0.486 e. The van der Waals surface area contributed by atoms with Gasteiger partial charge in [-0.15, -0.1) is 0 Å². The zero-order chi connectivity index (χ0) is 95.6. The number of rotatable bonds is 25. The monoisotopic (exact) mass is 1900 g/mol. The lowest BCUT2D eigenvalue weighted by Crippen LogP contribution is -2.25. The van der Waals surface area contributed by atoms with Crippen LogP contribution in [0.5, 0.6) is 23.0 Å². The molecule has 0 spiro atoms. The second-order valence-corrected chi connectivity index (χ2v) is 36.8. The summed E-state index contributed by atoms with van der Waals surface area (Å²) in [5.74, 6) is -1.71. The van der Waals surface area contributed by atoms with Crippen LogP contribution in [-0.2, 0) is 23.9 Å². The number of carboxylic acids is 3. The molecule has 8 bridgehead atoms. The van der Waals surface area contributed by atoms with Gasteiger partial charge in [-0.1, -0.05) is 168 Å². The van der Waals surface area contributed by atoms with Gasteiger partial charge in [0.25, 0.3) is 12.2 Å². The SMILES string of the molecule is [C-]#[N+]/C(=C\c1ccc2c(c1)Sc1ccccc1N2COc1ccc(C2=c3ccc([nH]3)=C(c3ccc(OCN4c5ccccc5Sc5cc(/C=C(/C#N)C(=O)O)ccc54)cc3)c3ccc([nH]3)C(c3ccc(OCN4c5ccccc5Sc5cc(/C=C(\C#N)OC=O)ccc54)cc3)=c3ccc([nH]3)=C(c3ccc(OCN4c5ccccc5Sc5cc(/C=C(/C#N)C(=O)O)ccc54)cc3)c3ccc2[nH]3)cc1)C(=O)O. The Balaban J connectivity index is 0.678. The zero-order valence-corrected chi connectivity index (χ0v) is 76.7. The van der Waals surface area contributed by atoms with Gasteiger partial charge in [0, 0.05) is 106 Å². The smallest absolute Gasteiger partial charge is 0.346 e. The summed E-state index contributed by atoms with van der Waals surface area (Å²) in [5, 5.41) is 61.4. The molecule has 16 aromatic rings. The van der Waals surface area contributed by atoms with E-state index in [1.165, 1.54) is 24.3 Å². The van der Waals surface area contributed by atoms with Crippen molar-refractivity contribution in [2.24, 2.45) is 0 Å². The van der Waals surface area contributed by atoms with Crippen LogP contribution in [0, 0.1) is 40.6 Å². The third-order valence-electron chi connectivity index (χ3n) is 24.1. The summed E-state index contributed by atoms with van der Waals surface area (Å²) in [5.41, 5.74) is 18.1. The predicted octanol–water partition coefficient (Wildman–Crippen LogP) is 21.2. The normalized spacial score (nSPS) is 13.4. The number of nitrogens with zero attached hydrogens (tertiary/aromatic N) is 8. The van der Waals surface area contributed by atoms with Crippen LogP contribution in [0.4, 0.5) is 45.5 Å². The number of carboxylic acid groups (broad SMARTS) is 3. The van der Waals surface area contributed by atoms with Gasteiger partial charge in [0.2, 0.25) is 5.76 Å². The number of allylic oxidation sites excluding steroid dienone is 1.